The molecular formula is C13H19N5O. The van der Waals surface area contributed by atoms with Crippen LogP contribution in [0.2, 0.25) is 0 Å². The van der Waals surface area contributed by atoms with E-state index in [1.165, 1.54) is 5.56 Å². The molecule has 0 bridgehead atoms. The fourth-order valence-corrected chi connectivity index (χ4v) is 2.04. The molecule has 0 saturated carbocycles. The number of tetrazole rings is 1. The first-order valence-electron chi connectivity index (χ1n) is 6.29. The van der Waals surface area contributed by atoms with Crippen molar-refractivity contribution >= 4 is 0 Å². The third-order valence-corrected chi connectivity index (χ3v) is 2.93. The zero-order valence-corrected chi connectivity index (χ0v) is 11.4. The van der Waals surface area contributed by atoms with Crippen molar-refractivity contribution in [3.05, 3.63) is 36.2 Å². The highest BCUT2D eigenvalue weighted by atomic mass is 16.5. The van der Waals surface area contributed by atoms with E-state index in [-0.39, 0.29) is 6.04 Å². The molecule has 0 fully saturated rings. The van der Waals surface area contributed by atoms with Gasteiger partial charge in [0.15, 0.2) is 0 Å². The van der Waals surface area contributed by atoms with E-state index in [2.05, 4.69) is 46.8 Å². The van der Waals surface area contributed by atoms with Crippen LogP contribution in [0.3, 0.4) is 0 Å². The van der Waals surface area contributed by atoms with E-state index in [9.17, 15) is 0 Å². The number of hydrogen-bond acceptors (Lipinski definition) is 5. The van der Waals surface area contributed by atoms with Crippen LogP contribution < -0.4 is 5.32 Å². The number of nitrogens with zero attached hydrogens (tertiary/aromatic N) is 4. The predicted molar refractivity (Wildman–Crippen MR) is 72.0 cm³/mol. The summed E-state index contributed by atoms with van der Waals surface area (Å²) in [7, 11) is 1.71. The minimum atomic E-state index is 0.238. The summed E-state index contributed by atoms with van der Waals surface area (Å²) in [6.45, 7) is 4.92. The largest absolute Gasteiger partial charge is 0.383 e. The Morgan fingerprint density at radius 3 is 2.89 bits per heavy atom. The summed E-state index contributed by atoms with van der Waals surface area (Å²) in [5, 5.41) is 14.7. The maximum absolute atomic E-state index is 5.13. The third-order valence-electron chi connectivity index (χ3n) is 2.93. The Morgan fingerprint density at radius 2 is 2.21 bits per heavy atom. The Balaban J connectivity index is 2.10. The van der Waals surface area contributed by atoms with Gasteiger partial charge in [0.25, 0.3) is 0 Å². The van der Waals surface area contributed by atoms with Crippen molar-refractivity contribution in [3.8, 4) is 5.69 Å². The quantitative estimate of drug-likeness (QED) is 0.850. The number of aromatic nitrogens is 4. The number of methoxy groups -OCH3 is 1. The smallest absolute Gasteiger partial charge is 0.143 e. The molecule has 0 radical (unpaired) electrons. The molecule has 6 nitrogen and oxygen atoms in total. The lowest BCUT2D eigenvalue weighted by Crippen LogP contribution is -2.32. The minimum Gasteiger partial charge on any atom is -0.383 e. The first-order valence-corrected chi connectivity index (χ1v) is 6.29. The van der Waals surface area contributed by atoms with Crippen LogP contribution in [0.4, 0.5) is 0 Å². The molecule has 2 aromatic rings. The van der Waals surface area contributed by atoms with Gasteiger partial charge in [0.1, 0.15) is 6.33 Å². The molecule has 1 heterocycles. The summed E-state index contributed by atoms with van der Waals surface area (Å²) in [5.74, 6) is 0. The van der Waals surface area contributed by atoms with Crippen molar-refractivity contribution in [1.29, 1.82) is 0 Å². The Labute approximate surface area is 112 Å². The highest BCUT2D eigenvalue weighted by Crippen LogP contribution is 2.16. The number of ether oxygens (including phenoxy) is 1. The fraction of sp³-hybridized carbons (Fsp3) is 0.462. The fourth-order valence-electron chi connectivity index (χ4n) is 2.04. The van der Waals surface area contributed by atoms with Gasteiger partial charge in [-0.15, -0.1) is 5.10 Å². The topological polar surface area (TPSA) is 64.9 Å². The van der Waals surface area contributed by atoms with Crippen LogP contribution in [0.25, 0.3) is 5.69 Å². The first kappa shape index (κ1) is 13.6. The molecule has 1 aromatic heterocycles. The van der Waals surface area contributed by atoms with Gasteiger partial charge >= 0.3 is 0 Å². The molecule has 19 heavy (non-hydrogen) atoms. The van der Waals surface area contributed by atoms with Gasteiger partial charge in [-0.2, -0.15) is 0 Å². The van der Waals surface area contributed by atoms with Crippen LogP contribution in [-0.4, -0.2) is 40.0 Å². The van der Waals surface area contributed by atoms with Crippen molar-refractivity contribution in [2.24, 2.45) is 0 Å². The van der Waals surface area contributed by atoms with E-state index < -0.39 is 0 Å². The number of benzene rings is 1. The van der Waals surface area contributed by atoms with Gasteiger partial charge in [-0.3, -0.25) is 0 Å². The Kier molecular flexibility index (Phi) is 4.59. The van der Waals surface area contributed by atoms with Crippen molar-refractivity contribution in [3.63, 3.8) is 0 Å². The average Bonchev–Trinajstić information content (AvgIpc) is 2.93. The highest BCUT2D eigenvalue weighted by Gasteiger charge is 2.10. The molecule has 6 heteroatoms. The number of hydrogen-bond donors (Lipinski definition) is 1. The van der Waals surface area contributed by atoms with Gasteiger partial charge in [0.2, 0.25) is 0 Å². The van der Waals surface area contributed by atoms with Gasteiger partial charge in [0, 0.05) is 19.2 Å². The molecule has 0 saturated heterocycles. The maximum atomic E-state index is 5.13. The summed E-state index contributed by atoms with van der Waals surface area (Å²) < 4.78 is 6.78. The molecule has 0 amide bonds. The van der Waals surface area contributed by atoms with E-state index in [4.69, 9.17) is 4.74 Å². The van der Waals surface area contributed by atoms with Crippen LogP contribution >= 0.6 is 0 Å². The highest BCUT2D eigenvalue weighted by molar-refractivity contribution is 5.35. The molecule has 0 aliphatic heterocycles. The van der Waals surface area contributed by atoms with E-state index in [1.807, 2.05) is 12.1 Å². The second-order valence-corrected chi connectivity index (χ2v) is 4.59. The minimum absolute atomic E-state index is 0.238. The molecule has 102 valence electrons. The zero-order valence-electron chi connectivity index (χ0n) is 11.4. The monoisotopic (exact) mass is 261 g/mol. The van der Waals surface area contributed by atoms with Gasteiger partial charge in [-0.1, -0.05) is 12.1 Å². The van der Waals surface area contributed by atoms with E-state index in [0.29, 0.717) is 12.6 Å². The zero-order chi connectivity index (χ0) is 13.7. The van der Waals surface area contributed by atoms with Crippen LogP contribution in [-0.2, 0) is 4.74 Å². The lowest BCUT2D eigenvalue weighted by atomic mass is 10.1. The summed E-state index contributed by atoms with van der Waals surface area (Å²) >= 11 is 0. The first-order chi connectivity index (χ1) is 9.20. The summed E-state index contributed by atoms with van der Waals surface area (Å²) in [6.07, 6.45) is 1.59. The van der Waals surface area contributed by atoms with E-state index in [0.717, 1.165) is 5.69 Å². The molecule has 2 atom stereocenters. The maximum Gasteiger partial charge on any atom is 0.143 e. The van der Waals surface area contributed by atoms with Gasteiger partial charge in [-0.05, 0) is 42.0 Å². The van der Waals surface area contributed by atoms with Crippen molar-refractivity contribution in [2.75, 3.05) is 13.7 Å². The second kappa shape index (κ2) is 6.40. The Bertz CT molecular complexity index is 499. The summed E-state index contributed by atoms with van der Waals surface area (Å²) in [4.78, 5) is 0. The van der Waals surface area contributed by atoms with Crippen molar-refractivity contribution < 1.29 is 4.74 Å². The molecule has 2 rings (SSSR count). The average molecular weight is 261 g/mol. The van der Waals surface area contributed by atoms with Gasteiger partial charge in [-0.25, -0.2) is 4.68 Å². The molecule has 2 unspecified atom stereocenters. The lowest BCUT2D eigenvalue weighted by Gasteiger charge is -2.20. The van der Waals surface area contributed by atoms with E-state index >= 15 is 0 Å². The van der Waals surface area contributed by atoms with Crippen LogP contribution in [0.15, 0.2) is 30.6 Å². The van der Waals surface area contributed by atoms with Gasteiger partial charge in [0.05, 0.1) is 12.3 Å². The Morgan fingerprint density at radius 1 is 1.37 bits per heavy atom. The van der Waals surface area contributed by atoms with Crippen LogP contribution in [0.1, 0.15) is 25.5 Å². The van der Waals surface area contributed by atoms with E-state index in [1.54, 1.807) is 18.1 Å². The molecular weight excluding hydrogens is 242 g/mol. The van der Waals surface area contributed by atoms with Crippen LogP contribution in [0.5, 0.6) is 0 Å². The molecule has 1 aromatic carbocycles. The predicted octanol–water partition coefficient (Wildman–Crippen LogP) is 1.35. The lowest BCUT2D eigenvalue weighted by molar-refractivity contribution is 0.168. The number of nitrogens with one attached hydrogen (secondary N) is 1. The normalized spacial score (nSPS) is 14.3. The standard InChI is InChI=1S/C13H19N5O/c1-10(8-19-3)15-11(2)12-5-4-6-13(7-12)18-9-14-16-17-18/h4-7,9-11,15H,8H2,1-3H3. The molecule has 0 aliphatic rings. The third kappa shape index (κ3) is 3.59. The van der Waals surface area contributed by atoms with Crippen molar-refractivity contribution in [2.45, 2.75) is 25.9 Å². The molecule has 0 aliphatic carbocycles. The second-order valence-electron chi connectivity index (χ2n) is 4.59. The molecule has 1 N–H and O–H groups in total. The van der Waals surface area contributed by atoms with Crippen LogP contribution in [0, 0.1) is 0 Å². The SMILES string of the molecule is COCC(C)NC(C)c1cccc(-n2cnnn2)c1. The van der Waals surface area contributed by atoms with Crippen molar-refractivity contribution in [1.82, 2.24) is 25.5 Å². The Hall–Kier alpha value is -1.79. The summed E-state index contributed by atoms with van der Waals surface area (Å²) in [6, 6.07) is 8.69. The molecule has 0 spiro atoms. The summed E-state index contributed by atoms with van der Waals surface area (Å²) in [5.41, 5.74) is 2.14. The van der Waals surface area contributed by atoms with Gasteiger partial charge < -0.3 is 10.1 Å². The number of rotatable bonds is 6.